The van der Waals surface area contributed by atoms with Gasteiger partial charge in [-0.3, -0.25) is 71.9 Å². The molecule has 32 nitrogen and oxygen atoms in total. The molecule has 94 heavy (non-hydrogen) atoms. The smallest absolute Gasteiger partial charge is 0.303 e. The van der Waals surface area contributed by atoms with Gasteiger partial charge in [-0.2, -0.15) is 0 Å². The van der Waals surface area contributed by atoms with Gasteiger partial charge in [0.05, 0.1) is 6.04 Å². The quantitative estimate of drug-likeness (QED) is 0.0376. The third-order valence-electron chi connectivity index (χ3n) is 15.4. The number of nitrogens with two attached hydrogens (primary N) is 1. The fourth-order valence-electron chi connectivity index (χ4n) is 10.2. The number of nitrogens with one attached hydrogen (secondary N) is 9. The molecule has 518 valence electrons. The average molecular weight is 1320 g/mol. The first-order valence-corrected chi connectivity index (χ1v) is 31.0. The zero-order valence-corrected chi connectivity index (χ0v) is 53.2. The lowest BCUT2D eigenvalue weighted by Crippen LogP contribution is -2.61. The molecule has 1 aliphatic heterocycles. The SMILES string of the molecule is CCN[C@@H](Cc1ccccc1)C(=O)N[C@@H](CCC(=O)O)C(=O)N[C@@H](CCC(=O)O)C(=O)N[C@H](C(=O)N1CCCC1C(=O)N[C@@H](CCC(=O)O)C(=O)N[C@@H](CCC(=O)O)C(=O)N[C@@H](Cc1ccc(O)cc1)C(=O)N[C@@H](CC(C)C)C(=O)N[C@@H](CCC(=O)O)C(N)=O)C(C)CC. The molecular formula is C62H89N11O21. The third-order valence-corrected chi connectivity index (χ3v) is 15.4. The van der Waals surface area contributed by atoms with Crippen molar-refractivity contribution in [1.29, 1.82) is 0 Å². The van der Waals surface area contributed by atoms with Crippen LogP contribution in [0, 0.1) is 11.8 Å². The van der Waals surface area contributed by atoms with Crippen molar-refractivity contribution in [1.82, 2.24) is 52.8 Å². The summed E-state index contributed by atoms with van der Waals surface area (Å²) in [7, 11) is 0. The van der Waals surface area contributed by atoms with Crippen LogP contribution in [0.4, 0.5) is 0 Å². The summed E-state index contributed by atoms with van der Waals surface area (Å²) in [5, 5.41) is 80.6. The number of phenols is 1. The Bertz CT molecular complexity index is 2990. The zero-order valence-electron chi connectivity index (χ0n) is 53.2. The van der Waals surface area contributed by atoms with Crippen LogP contribution in [0.3, 0.4) is 0 Å². The van der Waals surface area contributed by atoms with Crippen molar-refractivity contribution < 1.29 is 103 Å². The van der Waals surface area contributed by atoms with E-state index in [1.807, 2.05) is 0 Å². The lowest BCUT2D eigenvalue weighted by Gasteiger charge is -2.33. The number of aromatic hydroxyl groups is 1. The molecule has 0 spiro atoms. The molecule has 2 aromatic rings. The molecule has 0 aliphatic carbocycles. The Kier molecular flexibility index (Phi) is 33.1. The summed E-state index contributed by atoms with van der Waals surface area (Å²) >= 11 is 0. The maximum atomic E-state index is 14.7. The Hall–Kier alpha value is -9.75. The number of carboxylic acids is 5. The number of benzene rings is 2. The monoisotopic (exact) mass is 1320 g/mol. The van der Waals surface area contributed by atoms with Crippen molar-refractivity contribution in [3.05, 3.63) is 65.7 Å². The largest absolute Gasteiger partial charge is 0.508 e. The van der Waals surface area contributed by atoms with Gasteiger partial charge in [0.25, 0.3) is 0 Å². The maximum absolute atomic E-state index is 14.7. The van der Waals surface area contributed by atoms with Gasteiger partial charge in [-0.05, 0) is 99.4 Å². The van der Waals surface area contributed by atoms with Gasteiger partial charge < -0.3 is 89.1 Å². The number of primary amides is 1. The van der Waals surface area contributed by atoms with Crippen LogP contribution < -0.4 is 53.6 Å². The predicted molar refractivity (Wildman–Crippen MR) is 332 cm³/mol. The second-order valence-corrected chi connectivity index (χ2v) is 23.4. The van der Waals surface area contributed by atoms with Crippen molar-refractivity contribution in [3.63, 3.8) is 0 Å². The summed E-state index contributed by atoms with van der Waals surface area (Å²) in [6.07, 6.45) is -6.00. The molecule has 1 saturated heterocycles. The van der Waals surface area contributed by atoms with Gasteiger partial charge in [-0.25, -0.2) is 0 Å². The Balaban J connectivity index is 1.95. The van der Waals surface area contributed by atoms with Gasteiger partial charge in [0.2, 0.25) is 59.1 Å². The van der Waals surface area contributed by atoms with E-state index in [1.165, 1.54) is 24.3 Å². The third kappa shape index (κ3) is 27.6. The van der Waals surface area contributed by atoms with Gasteiger partial charge in [0.1, 0.15) is 60.1 Å². The highest BCUT2D eigenvalue weighted by Crippen LogP contribution is 2.23. The summed E-state index contributed by atoms with van der Waals surface area (Å²) in [6, 6.07) is -1.02. The summed E-state index contributed by atoms with van der Waals surface area (Å²) in [6.45, 7) is 8.61. The summed E-state index contributed by atoms with van der Waals surface area (Å²) in [5.74, 6) is -18.1. The number of hydrogen-bond acceptors (Lipinski definition) is 17. The molecule has 1 fully saturated rings. The predicted octanol–water partition coefficient (Wildman–Crippen LogP) is -1.07. The van der Waals surface area contributed by atoms with Crippen molar-refractivity contribution in [3.8, 4) is 5.75 Å². The second kappa shape index (κ2) is 39.6. The van der Waals surface area contributed by atoms with Gasteiger partial charge >= 0.3 is 29.8 Å². The molecule has 0 aromatic heterocycles. The van der Waals surface area contributed by atoms with Crippen LogP contribution in [0.5, 0.6) is 5.75 Å². The van der Waals surface area contributed by atoms with E-state index in [0.717, 1.165) is 10.5 Å². The first-order valence-electron chi connectivity index (χ1n) is 31.0. The lowest BCUT2D eigenvalue weighted by molar-refractivity contribution is -0.144. The van der Waals surface area contributed by atoms with Crippen molar-refractivity contribution in [2.75, 3.05) is 13.1 Å². The number of likely N-dealkylation sites (tertiary alicyclic amines) is 1. The van der Waals surface area contributed by atoms with Crippen LogP contribution in [0.25, 0.3) is 0 Å². The molecule has 2 unspecified atom stereocenters. The van der Waals surface area contributed by atoms with Crippen LogP contribution >= 0.6 is 0 Å². The second-order valence-electron chi connectivity index (χ2n) is 23.4. The van der Waals surface area contributed by atoms with E-state index in [1.54, 1.807) is 65.0 Å². The minimum absolute atomic E-state index is 0.0446. The number of carbonyl (C=O) groups is 15. The van der Waals surface area contributed by atoms with Crippen molar-refractivity contribution in [2.24, 2.45) is 17.6 Å². The molecule has 17 N–H and O–H groups in total. The van der Waals surface area contributed by atoms with Gasteiger partial charge in [-0.15, -0.1) is 0 Å². The number of carboxylic acid groups (broad SMARTS) is 5. The fourth-order valence-corrected chi connectivity index (χ4v) is 10.2. The van der Waals surface area contributed by atoms with Crippen LogP contribution in [0.1, 0.15) is 136 Å². The van der Waals surface area contributed by atoms with E-state index in [2.05, 4.69) is 47.9 Å². The summed E-state index contributed by atoms with van der Waals surface area (Å²) in [4.78, 5) is 200. The van der Waals surface area contributed by atoms with Gasteiger partial charge in [0.15, 0.2) is 0 Å². The number of aliphatic carboxylic acids is 5. The number of hydrogen-bond donors (Lipinski definition) is 16. The Morgan fingerprint density at radius 2 is 0.851 bits per heavy atom. The molecule has 3 rings (SSSR count). The lowest BCUT2D eigenvalue weighted by atomic mass is 9.96. The normalized spacial score (nSPS) is 15.9. The fraction of sp³-hybridized carbons (Fsp3) is 0.565. The Morgan fingerprint density at radius 3 is 1.29 bits per heavy atom. The van der Waals surface area contributed by atoms with E-state index in [4.69, 9.17) is 5.73 Å². The number of carbonyl (C=O) groups excluding carboxylic acids is 10. The highest BCUT2D eigenvalue weighted by Gasteiger charge is 2.42. The molecular weight excluding hydrogens is 1230 g/mol. The standard InChI is InChI=1S/C62H89N11O21/c1-6-34(5)52(72-57(89)42(23-28-51(83)84)67-54(86)39(20-25-48(77)78)68-58(90)43(64-7-2)31-35-12-9-8-10-13-35)62(94)73-29-11-14-46(73)61(93)69-41(22-27-50(81)82)55(87)66-40(21-26-49(79)80)56(88)71-45(32-36-15-17-37(74)18-16-36)60(92)70-44(30-33(3)4)59(91)65-38(53(63)85)19-24-47(75)76/h8-10,12-13,15-18,33-34,38-46,52,64,74H,6-7,11,14,19-32H2,1-5H3,(H2,63,85)(H,65,91)(H,66,87)(H,67,86)(H,68,90)(H,69,93)(H,70,92)(H,71,88)(H,72,89)(H,75,76)(H,77,78)(H,79,80)(H,81,82)(H,83,84)/t34?,38-,39-,40-,41-,42-,43-,44-,45-,46?,52-/m0/s1. The molecule has 10 amide bonds. The number of phenolic OH excluding ortho intramolecular Hbond substituents is 1. The van der Waals surface area contributed by atoms with E-state index >= 15 is 0 Å². The number of amides is 10. The molecule has 32 heteroatoms. The Labute approximate surface area is 542 Å². The first-order chi connectivity index (χ1) is 44.3. The molecule has 0 bridgehead atoms. The van der Waals surface area contributed by atoms with Gasteiger partial charge in [-0.1, -0.05) is 83.5 Å². The summed E-state index contributed by atoms with van der Waals surface area (Å²) in [5.41, 5.74) is 6.52. The number of nitrogens with zero attached hydrogens (tertiary/aromatic N) is 1. The van der Waals surface area contributed by atoms with Crippen LogP contribution in [-0.2, 0) is 84.8 Å². The molecule has 1 aliphatic rings. The van der Waals surface area contributed by atoms with E-state index < -0.39 is 219 Å². The van der Waals surface area contributed by atoms with Crippen LogP contribution in [-0.4, -0.2) is 198 Å². The van der Waals surface area contributed by atoms with Crippen molar-refractivity contribution in [2.45, 2.75) is 198 Å². The minimum Gasteiger partial charge on any atom is -0.508 e. The highest BCUT2D eigenvalue weighted by atomic mass is 16.4. The molecule has 0 saturated carbocycles. The van der Waals surface area contributed by atoms with Crippen LogP contribution in [0.15, 0.2) is 54.6 Å². The van der Waals surface area contributed by atoms with E-state index in [0.29, 0.717) is 12.1 Å². The highest BCUT2D eigenvalue weighted by molar-refractivity contribution is 5.99. The van der Waals surface area contributed by atoms with Crippen molar-refractivity contribution >= 4 is 88.9 Å². The molecule has 1 heterocycles. The minimum atomic E-state index is -1.84. The topological polar surface area (TPSA) is 515 Å². The first kappa shape index (κ1) is 78.5. The van der Waals surface area contributed by atoms with Crippen LogP contribution in [0.2, 0.25) is 0 Å². The van der Waals surface area contributed by atoms with E-state index in [9.17, 15) is 103 Å². The summed E-state index contributed by atoms with van der Waals surface area (Å²) < 4.78 is 0. The average Bonchev–Trinajstić information content (AvgIpc) is 1.56. The van der Waals surface area contributed by atoms with E-state index in [-0.39, 0.29) is 56.7 Å². The van der Waals surface area contributed by atoms with Gasteiger partial charge in [0, 0.05) is 45.1 Å². The molecule has 0 radical (unpaired) electrons. The molecule has 11 atom stereocenters. The number of rotatable bonds is 43. The maximum Gasteiger partial charge on any atom is 0.303 e. The Morgan fingerprint density at radius 1 is 0.479 bits per heavy atom. The zero-order chi connectivity index (χ0) is 70.4. The molecule has 2 aromatic carbocycles. The number of likely N-dealkylation sites (N-methyl/N-ethyl adjacent to an activating group) is 1.